The first-order valence-electron chi connectivity index (χ1n) is 32.2. The highest BCUT2D eigenvalue weighted by Gasteiger charge is 2.35. The number of hydrogen-bond acceptors (Lipinski definition) is 4. The Morgan fingerprint density at radius 1 is 0.319 bits per heavy atom. The molecule has 0 spiro atoms. The molecule has 4 heterocycles. The van der Waals surface area contributed by atoms with Crippen molar-refractivity contribution >= 4 is 11.1 Å². The third-order valence-electron chi connectivity index (χ3n) is 17.2. The number of halogens is 8. The van der Waals surface area contributed by atoms with Crippen molar-refractivity contribution in [1.29, 1.82) is 0 Å². The van der Waals surface area contributed by atoms with Crippen molar-refractivity contribution in [2.75, 3.05) is 0 Å². The predicted molar refractivity (Wildman–Crippen MR) is 365 cm³/mol. The van der Waals surface area contributed by atoms with E-state index in [2.05, 4.69) is 151 Å². The highest BCUT2D eigenvalue weighted by atomic mass is 19.2. The lowest BCUT2D eigenvalue weighted by atomic mass is 9.71. The van der Waals surface area contributed by atoms with E-state index in [1.807, 2.05) is 91.0 Å². The van der Waals surface area contributed by atoms with Gasteiger partial charge in [-0.3, -0.25) is 0 Å². The minimum Gasteiger partial charge on any atom is -0.190 e. The Hall–Kier alpha value is -9.68. The normalized spacial score (nSPS) is 15.5. The summed E-state index contributed by atoms with van der Waals surface area (Å²) in [6.07, 6.45) is 24.2. The van der Waals surface area contributed by atoms with Gasteiger partial charge in [0.2, 0.25) is 47.6 Å². The zero-order chi connectivity index (χ0) is 66.5. The molecule has 2 unspecified atom stereocenters. The molecule has 0 radical (unpaired) electrons. The summed E-state index contributed by atoms with van der Waals surface area (Å²) in [4.78, 5) is 13.2. The van der Waals surface area contributed by atoms with E-state index in [-0.39, 0.29) is 0 Å². The van der Waals surface area contributed by atoms with Crippen molar-refractivity contribution in [3.05, 3.63) is 324 Å². The van der Waals surface area contributed by atoms with E-state index in [4.69, 9.17) is 0 Å². The second-order valence-corrected chi connectivity index (χ2v) is 23.5. The lowest BCUT2D eigenvalue weighted by Gasteiger charge is -2.33. The molecule has 480 valence electrons. The number of allylic oxidation sites excluding steroid dienone is 8. The number of hydrogen-bond donors (Lipinski definition) is 0. The smallest absolute Gasteiger partial charge is 0.190 e. The summed E-state index contributed by atoms with van der Waals surface area (Å²) < 4.78 is 108. The van der Waals surface area contributed by atoms with E-state index in [1.165, 1.54) is 60.4 Å². The molecule has 4 aromatic heterocycles. The maximum absolute atomic E-state index is 14.4. The molecule has 2 aliphatic rings. The molecule has 94 heavy (non-hydrogen) atoms. The lowest BCUT2D eigenvalue weighted by molar-refractivity contribution is 0.419. The molecule has 0 saturated heterocycles. The largest absolute Gasteiger partial charge is 0.223 e. The molecule has 6 aromatic carbocycles. The third-order valence-corrected chi connectivity index (χ3v) is 17.2. The minimum absolute atomic E-state index is 0.300. The summed E-state index contributed by atoms with van der Waals surface area (Å²) in [6, 6.07) is 62.9. The first-order valence-corrected chi connectivity index (χ1v) is 32.2. The number of aromatic nitrogens is 4. The van der Waals surface area contributed by atoms with Crippen LogP contribution >= 0.6 is 0 Å². The molecule has 0 amide bonds. The molecule has 10 aromatic rings. The number of aryl methyl sites for hydroxylation is 2. The summed E-state index contributed by atoms with van der Waals surface area (Å²) >= 11 is 0. The van der Waals surface area contributed by atoms with Crippen molar-refractivity contribution in [3.8, 4) is 44.5 Å². The predicted octanol–water partition coefficient (Wildman–Crippen LogP) is 23.0. The van der Waals surface area contributed by atoms with Gasteiger partial charge in [0.05, 0.1) is 0 Å². The van der Waals surface area contributed by atoms with Crippen molar-refractivity contribution in [2.24, 2.45) is 0 Å². The van der Waals surface area contributed by atoms with Gasteiger partial charge in [0.25, 0.3) is 0 Å². The fraction of sp³-hybridized carbons (Fsp3) is 0.220. The Balaban J connectivity index is 0.000000148. The minimum atomic E-state index is -0.811. The zero-order valence-corrected chi connectivity index (χ0v) is 53.4. The van der Waals surface area contributed by atoms with Crippen LogP contribution in [0.1, 0.15) is 125 Å². The van der Waals surface area contributed by atoms with Crippen LogP contribution in [0.25, 0.3) is 55.7 Å². The van der Waals surface area contributed by atoms with Gasteiger partial charge in [-0.15, -0.1) is 0 Å². The summed E-state index contributed by atoms with van der Waals surface area (Å²) in [5, 5.41) is 0. The summed E-state index contributed by atoms with van der Waals surface area (Å²) in [6.45, 7) is 8.53. The summed E-state index contributed by atoms with van der Waals surface area (Å²) in [7, 11) is 0. The molecule has 12 rings (SSSR count). The van der Waals surface area contributed by atoms with Crippen LogP contribution in [-0.4, -0.2) is 19.9 Å². The number of nitrogens with zero attached hydrogens (tertiary/aromatic N) is 4. The summed E-state index contributed by atoms with van der Waals surface area (Å²) in [5.74, 6) is -6.16. The van der Waals surface area contributed by atoms with Crippen LogP contribution in [0.2, 0.25) is 0 Å². The first-order chi connectivity index (χ1) is 45.6. The average Bonchev–Trinajstić information content (AvgIpc) is 0.806. The Morgan fingerprint density at radius 2 is 0.681 bits per heavy atom. The fourth-order valence-electron chi connectivity index (χ4n) is 11.9. The molecule has 2 aliphatic carbocycles. The molecule has 0 saturated carbocycles. The molecular formula is C82H76F8N4. The van der Waals surface area contributed by atoms with Gasteiger partial charge in [0, 0.05) is 33.1 Å². The van der Waals surface area contributed by atoms with E-state index in [0.29, 0.717) is 46.2 Å². The highest BCUT2D eigenvalue weighted by molar-refractivity contribution is 5.77. The van der Waals surface area contributed by atoms with Gasteiger partial charge < -0.3 is 0 Å². The van der Waals surface area contributed by atoms with Crippen LogP contribution in [-0.2, 0) is 23.7 Å². The van der Waals surface area contributed by atoms with Gasteiger partial charge in [-0.05, 0) is 160 Å². The maximum atomic E-state index is 14.4. The monoisotopic (exact) mass is 1270 g/mol. The van der Waals surface area contributed by atoms with Crippen molar-refractivity contribution < 1.29 is 35.1 Å². The molecule has 2 atom stereocenters. The fourth-order valence-corrected chi connectivity index (χ4v) is 11.9. The Kier molecular flexibility index (Phi) is 24.3. The van der Waals surface area contributed by atoms with E-state index >= 15 is 0 Å². The van der Waals surface area contributed by atoms with Gasteiger partial charge in [-0.2, -0.15) is 55.1 Å². The topological polar surface area (TPSA) is 51.6 Å². The van der Waals surface area contributed by atoms with Crippen LogP contribution < -0.4 is 0 Å². The maximum Gasteiger partial charge on any atom is 0.223 e. The number of rotatable bonds is 18. The van der Waals surface area contributed by atoms with Crippen LogP contribution in [0.15, 0.2) is 243 Å². The molecular weight excluding hydrogens is 1190 g/mol. The van der Waals surface area contributed by atoms with E-state index in [0.717, 1.165) is 102 Å². The van der Waals surface area contributed by atoms with Gasteiger partial charge in [-0.25, -0.2) is 0 Å². The number of pyridine rings is 4. The van der Waals surface area contributed by atoms with Gasteiger partial charge in [0.15, 0.2) is 0 Å². The van der Waals surface area contributed by atoms with Crippen LogP contribution in [0.5, 0.6) is 0 Å². The SMILES string of the molecule is CCCC1(c2ccc(F)nc2F)C=CC(c2ccccc2)=CC1.CCCCCC1(c2ccc(F)nc2F)C=CC(c2ccccc2)=CC1.CCCCc1ccc(-c2ccc(-c3ccc(F)nc3F)cc2)cc1.CCc1ccc(-c2ccc(-c3ccc(F)nc3F)cc2)cc1. The summed E-state index contributed by atoms with van der Waals surface area (Å²) in [5.41, 5.74) is 13.6. The molecule has 0 bridgehead atoms. The number of unbranched alkanes of at least 4 members (excludes halogenated alkanes) is 3. The first kappa shape index (κ1) is 68.7. The van der Waals surface area contributed by atoms with Gasteiger partial charge >= 0.3 is 0 Å². The van der Waals surface area contributed by atoms with Gasteiger partial charge in [-0.1, -0.05) is 254 Å². The van der Waals surface area contributed by atoms with Crippen LogP contribution in [0.3, 0.4) is 0 Å². The molecule has 4 nitrogen and oxygen atoms in total. The second-order valence-electron chi connectivity index (χ2n) is 23.5. The van der Waals surface area contributed by atoms with Gasteiger partial charge in [0.1, 0.15) is 0 Å². The van der Waals surface area contributed by atoms with Crippen molar-refractivity contribution in [2.45, 2.75) is 116 Å². The Bertz CT molecular complexity index is 4210. The van der Waals surface area contributed by atoms with Crippen molar-refractivity contribution in [1.82, 2.24) is 19.9 Å². The quantitative estimate of drug-likeness (QED) is 0.0488. The molecule has 0 N–H and O–H groups in total. The van der Waals surface area contributed by atoms with E-state index in [9.17, 15) is 35.1 Å². The van der Waals surface area contributed by atoms with Crippen LogP contribution in [0.4, 0.5) is 35.1 Å². The van der Waals surface area contributed by atoms with E-state index < -0.39 is 58.4 Å². The Morgan fingerprint density at radius 3 is 1.03 bits per heavy atom. The average molecular weight is 1270 g/mol. The van der Waals surface area contributed by atoms with Crippen LogP contribution in [0, 0.1) is 47.6 Å². The molecule has 0 aliphatic heterocycles. The molecule has 12 heteroatoms. The second kappa shape index (κ2) is 33.2. The zero-order valence-electron chi connectivity index (χ0n) is 53.4. The standard InChI is InChI=1S/C22H23F2N.C21H19F2N.C20H19F2N.C19H15F2N/c1-2-3-7-14-22(19-10-11-20(23)25-21(19)24)15-12-18(13-16-22)17-8-5-4-6-9-17;1-2-3-4-15-5-7-16(8-6-15)17-9-11-18(12-10-17)19-13-14-20(22)24-21(19)23;1-2-12-20(17-8-9-18(21)23-19(17)22)13-10-16(11-14-20)15-6-4-3-5-7-15;1-2-13-3-5-14(6-4-13)15-7-9-16(10-8-15)17-11-12-18(20)22-19(17)21/h4-6,8-13,15H,2-3,7,14,16H2,1H3;5-14H,2-4H2,1H3;3-11,13H,2,12,14H2,1H3;3-12H,2H2,1H3. The molecule has 0 fully saturated rings. The lowest BCUT2D eigenvalue weighted by Crippen LogP contribution is -2.27. The highest BCUT2D eigenvalue weighted by Crippen LogP contribution is 2.43. The van der Waals surface area contributed by atoms with Crippen molar-refractivity contribution in [3.63, 3.8) is 0 Å². The third kappa shape index (κ3) is 17.9. The Labute approximate surface area is 547 Å². The van der Waals surface area contributed by atoms with E-state index in [1.54, 1.807) is 6.07 Å². The number of benzene rings is 6.